The van der Waals surface area contributed by atoms with Crippen molar-refractivity contribution in [3.8, 4) is 0 Å². The number of carbonyl (C=O) groups excluding carboxylic acids is 3. The van der Waals surface area contributed by atoms with Gasteiger partial charge < -0.3 is 4.74 Å². The van der Waals surface area contributed by atoms with Crippen LogP contribution in [-0.4, -0.2) is 17.5 Å². The van der Waals surface area contributed by atoms with Crippen LogP contribution in [0.2, 0.25) is 0 Å². The summed E-state index contributed by atoms with van der Waals surface area (Å²) in [5, 5.41) is 0. The maximum Gasteiger partial charge on any atom is 0.308 e. The Kier molecular flexibility index (Phi) is 4.16. The third-order valence-electron chi connectivity index (χ3n) is 8.61. The molecule has 0 N–H and O–H groups in total. The molecule has 0 aromatic carbocycles. The van der Waals surface area contributed by atoms with E-state index in [4.69, 9.17) is 4.74 Å². The van der Waals surface area contributed by atoms with Crippen LogP contribution in [0, 0.1) is 34.5 Å². The summed E-state index contributed by atoms with van der Waals surface area (Å²) in [6.07, 6.45) is 5.09. The first-order chi connectivity index (χ1) is 13.0. The van der Waals surface area contributed by atoms with Crippen LogP contribution in [0.15, 0.2) is 35.1 Å². The van der Waals surface area contributed by atoms with Gasteiger partial charge in [-0.15, -0.1) is 0 Å². The lowest BCUT2D eigenvalue weighted by atomic mass is 9.44. The van der Waals surface area contributed by atoms with Crippen molar-refractivity contribution in [2.45, 2.75) is 60.3 Å². The van der Waals surface area contributed by atoms with E-state index in [9.17, 15) is 14.4 Å². The normalized spacial score (nSPS) is 42.6. The Morgan fingerprint density at radius 1 is 1.21 bits per heavy atom. The topological polar surface area (TPSA) is 60.4 Å². The van der Waals surface area contributed by atoms with E-state index in [1.54, 1.807) is 6.08 Å². The highest BCUT2D eigenvalue weighted by atomic mass is 16.5. The molecular weight excluding hydrogens is 352 g/mol. The minimum atomic E-state index is -0.480. The van der Waals surface area contributed by atoms with Crippen LogP contribution in [0.25, 0.3) is 0 Å². The number of rotatable bonds is 1. The van der Waals surface area contributed by atoms with Gasteiger partial charge in [-0.2, -0.15) is 0 Å². The number of fused-ring (bicyclic) bond motifs is 5. The summed E-state index contributed by atoms with van der Waals surface area (Å²) in [6.45, 7) is 14.2. The van der Waals surface area contributed by atoms with Gasteiger partial charge in [0.1, 0.15) is 5.78 Å². The smallest absolute Gasteiger partial charge is 0.308 e. The van der Waals surface area contributed by atoms with Crippen molar-refractivity contribution in [3.05, 3.63) is 35.1 Å². The number of carbonyl (C=O) groups is 3. The Balaban J connectivity index is 1.89. The number of hydrogen-bond acceptors (Lipinski definition) is 4. The van der Waals surface area contributed by atoms with E-state index in [0.29, 0.717) is 30.0 Å². The predicted octanol–water partition coefficient (Wildman–Crippen LogP) is 4.56. The fourth-order valence-electron chi connectivity index (χ4n) is 6.97. The number of esters is 1. The Hall–Kier alpha value is -1.97. The van der Waals surface area contributed by atoms with Gasteiger partial charge in [0.25, 0.3) is 0 Å². The zero-order valence-corrected chi connectivity index (χ0v) is 17.6. The molecular formula is C24H30O4. The predicted molar refractivity (Wildman–Crippen MR) is 106 cm³/mol. The number of allylic oxidation sites excluding steroid dienone is 4. The number of hydrogen-bond donors (Lipinski definition) is 0. The minimum absolute atomic E-state index is 0.146. The summed E-state index contributed by atoms with van der Waals surface area (Å²) in [5.74, 6) is 0.997. The third kappa shape index (κ3) is 2.26. The van der Waals surface area contributed by atoms with Crippen LogP contribution in [0.1, 0.15) is 60.3 Å². The van der Waals surface area contributed by atoms with Gasteiger partial charge in [-0.05, 0) is 61.5 Å². The molecule has 4 rings (SSSR count). The van der Waals surface area contributed by atoms with Gasteiger partial charge >= 0.3 is 5.97 Å². The summed E-state index contributed by atoms with van der Waals surface area (Å²) >= 11 is 0. The van der Waals surface area contributed by atoms with Gasteiger partial charge in [0.05, 0.1) is 0 Å². The fourth-order valence-corrected chi connectivity index (χ4v) is 6.97. The van der Waals surface area contributed by atoms with Crippen molar-refractivity contribution in [1.82, 2.24) is 0 Å². The van der Waals surface area contributed by atoms with Crippen LogP contribution in [0.4, 0.5) is 0 Å². The molecule has 4 aliphatic carbocycles. The average Bonchev–Trinajstić information content (AvgIpc) is 2.92. The fraction of sp³-hybridized carbons (Fsp3) is 0.625. The highest BCUT2D eigenvalue weighted by Gasteiger charge is 2.62. The zero-order chi connectivity index (χ0) is 20.6. The molecule has 0 amide bonds. The highest BCUT2D eigenvalue weighted by molar-refractivity contribution is 6.07. The van der Waals surface area contributed by atoms with E-state index >= 15 is 0 Å². The lowest BCUT2D eigenvalue weighted by molar-refractivity contribution is -0.140. The van der Waals surface area contributed by atoms with Crippen LogP contribution in [-0.2, 0) is 19.1 Å². The highest BCUT2D eigenvalue weighted by Crippen LogP contribution is 2.67. The maximum atomic E-state index is 12.7. The lowest BCUT2D eigenvalue weighted by Gasteiger charge is -2.59. The first-order valence-electron chi connectivity index (χ1n) is 10.4. The molecule has 0 aromatic heterocycles. The van der Waals surface area contributed by atoms with Crippen molar-refractivity contribution < 1.29 is 19.1 Å². The molecule has 3 saturated carbocycles. The van der Waals surface area contributed by atoms with E-state index in [2.05, 4.69) is 27.4 Å². The molecule has 0 aromatic rings. The third-order valence-corrected chi connectivity index (χ3v) is 8.61. The van der Waals surface area contributed by atoms with E-state index in [-0.39, 0.29) is 28.3 Å². The zero-order valence-electron chi connectivity index (χ0n) is 17.6. The first kappa shape index (κ1) is 19.4. The van der Waals surface area contributed by atoms with Crippen molar-refractivity contribution in [2.24, 2.45) is 34.5 Å². The summed E-state index contributed by atoms with van der Waals surface area (Å²) in [7, 11) is 0. The van der Waals surface area contributed by atoms with Gasteiger partial charge in [-0.25, -0.2) is 0 Å². The second kappa shape index (κ2) is 6.01. The minimum Gasteiger partial charge on any atom is -0.422 e. The van der Waals surface area contributed by atoms with Crippen molar-refractivity contribution in [1.29, 1.82) is 0 Å². The molecule has 4 aliphatic rings. The Bertz CT molecular complexity index is 875. The standard InChI is InChI=1S/C24H30O4/c1-12-11-18(26)22(28-15(4)25)21-14(3)13(2)20-16-7-8-19(27)23(16,5)10-9-17(20)24(12,21)6/h11,13,16-17,20H,3,7-10H2,1-2,4-6H3/t13-,16+,17+,20+,23+,24-/m1/s1. The van der Waals surface area contributed by atoms with Gasteiger partial charge in [0.2, 0.25) is 5.78 Å². The van der Waals surface area contributed by atoms with Crippen LogP contribution >= 0.6 is 0 Å². The largest absolute Gasteiger partial charge is 0.422 e. The summed E-state index contributed by atoms with van der Waals surface area (Å²) in [6, 6.07) is 0. The Morgan fingerprint density at radius 3 is 2.54 bits per heavy atom. The Morgan fingerprint density at radius 2 is 1.89 bits per heavy atom. The molecule has 4 nitrogen and oxygen atoms in total. The van der Waals surface area contributed by atoms with E-state index in [0.717, 1.165) is 36.0 Å². The molecule has 0 saturated heterocycles. The molecule has 3 fully saturated rings. The number of ketones is 2. The van der Waals surface area contributed by atoms with Gasteiger partial charge in [-0.1, -0.05) is 32.9 Å². The van der Waals surface area contributed by atoms with E-state index in [1.807, 2.05) is 6.92 Å². The number of ether oxygens (including phenoxy) is 1. The quantitative estimate of drug-likeness (QED) is 0.624. The lowest BCUT2D eigenvalue weighted by Crippen LogP contribution is -2.54. The van der Waals surface area contributed by atoms with Crippen LogP contribution < -0.4 is 0 Å². The molecule has 4 heteroatoms. The summed E-state index contributed by atoms with van der Waals surface area (Å²) in [4.78, 5) is 37.1. The monoisotopic (exact) mass is 382 g/mol. The van der Waals surface area contributed by atoms with Gasteiger partial charge in [0, 0.05) is 29.7 Å². The molecule has 0 radical (unpaired) electrons. The molecule has 0 heterocycles. The van der Waals surface area contributed by atoms with Crippen molar-refractivity contribution in [2.75, 3.05) is 0 Å². The first-order valence-corrected chi connectivity index (χ1v) is 10.4. The molecule has 0 unspecified atom stereocenters. The molecule has 0 bridgehead atoms. The molecule has 6 atom stereocenters. The maximum absolute atomic E-state index is 12.7. The van der Waals surface area contributed by atoms with E-state index < -0.39 is 5.97 Å². The second-order valence-electron chi connectivity index (χ2n) is 9.71. The average molecular weight is 383 g/mol. The van der Waals surface area contributed by atoms with Gasteiger partial charge in [-0.3, -0.25) is 14.4 Å². The summed E-state index contributed by atoms with van der Waals surface area (Å²) in [5.41, 5.74) is 2.10. The van der Waals surface area contributed by atoms with Gasteiger partial charge in [0.15, 0.2) is 5.76 Å². The molecule has 28 heavy (non-hydrogen) atoms. The Labute approximate surface area is 167 Å². The van der Waals surface area contributed by atoms with Crippen molar-refractivity contribution in [3.63, 3.8) is 0 Å². The molecule has 0 spiro atoms. The van der Waals surface area contributed by atoms with Crippen LogP contribution in [0.5, 0.6) is 0 Å². The van der Waals surface area contributed by atoms with Crippen molar-refractivity contribution >= 4 is 17.5 Å². The SMILES string of the molecule is C=C1C2=C(OC(C)=O)C(=O)C=C(C)[C@]2(C)[C@H]2CC[C@]3(C)C(=O)CC[C@H]3[C@@H]2[C@@H]1C. The molecule has 150 valence electrons. The second-order valence-corrected chi connectivity index (χ2v) is 9.71. The van der Waals surface area contributed by atoms with E-state index in [1.165, 1.54) is 6.92 Å². The summed E-state index contributed by atoms with van der Waals surface area (Å²) < 4.78 is 5.44. The van der Waals surface area contributed by atoms with Crippen LogP contribution in [0.3, 0.4) is 0 Å². The number of Topliss-reactive ketones (excluding diaryl/α,β-unsaturated/α-hetero) is 1. The molecule has 0 aliphatic heterocycles.